The molecule has 0 unspecified atom stereocenters. The van der Waals surface area contributed by atoms with Crippen LogP contribution in [0.3, 0.4) is 0 Å². The Morgan fingerprint density at radius 3 is 2.71 bits per heavy atom. The number of rotatable bonds is 10. The summed E-state index contributed by atoms with van der Waals surface area (Å²) in [6, 6.07) is 15.7. The van der Waals surface area contributed by atoms with Crippen LogP contribution in [0.25, 0.3) is 0 Å². The molecule has 0 fully saturated rings. The van der Waals surface area contributed by atoms with E-state index in [0.717, 1.165) is 24.2 Å². The molecular formula is C22H23FN4O3S. The smallest absolute Gasteiger partial charge is 0.286 e. The maximum absolute atomic E-state index is 13.2. The molecule has 0 aliphatic rings. The summed E-state index contributed by atoms with van der Waals surface area (Å²) in [4.78, 5) is 24.2. The molecule has 3 aromatic rings. The number of nitrogens with zero attached hydrogens (tertiary/aromatic N) is 2. The Morgan fingerprint density at radius 1 is 1.13 bits per heavy atom. The van der Waals surface area contributed by atoms with E-state index in [-0.39, 0.29) is 30.2 Å². The van der Waals surface area contributed by atoms with E-state index in [9.17, 15) is 14.0 Å². The van der Waals surface area contributed by atoms with E-state index >= 15 is 0 Å². The second kappa shape index (κ2) is 11.3. The predicted molar refractivity (Wildman–Crippen MR) is 116 cm³/mol. The molecular weight excluding hydrogens is 419 g/mol. The SMILES string of the molecule is C[C@H](CCc1ccccc1)NC(=O)COCc1nnc(C(=O)Nc2cccc(F)c2)s1. The van der Waals surface area contributed by atoms with Crippen LogP contribution in [-0.2, 0) is 22.6 Å². The summed E-state index contributed by atoms with van der Waals surface area (Å²) in [5.74, 6) is -1.15. The number of halogens is 1. The zero-order valence-corrected chi connectivity index (χ0v) is 17.8. The van der Waals surface area contributed by atoms with Crippen molar-refractivity contribution in [2.45, 2.75) is 32.4 Å². The fourth-order valence-corrected chi connectivity index (χ4v) is 3.47. The zero-order valence-electron chi connectivity index (χ0n) is 17.0. The second-order valence-corrected chi connectivity index (χ2v) is 8.01. The highest BCUT2D eigenvalue weighted by Crippen LogP contribution is 2.15. The molecule has 0 saturated carbocycles. The molecule has 2 amide bonds. The van der Waals surface area contributed by atoms with Crippen LogP contribution in [0.2, 0.25) is 0 Å². The zero-order chi connectivity index (χ0) is 22.1. The van der Waals surface area contributed by atoms with Gasteiger partial charge in [-0.25, -0.2) is 4.39 Å². The molecule has 2 aromatic carbocycles. The summed E-state index contributed by atoms with van der Waals surface area (Å²) in [5.41, 5.74) is 1.56. The van der Waals surface area contributed by atoms with Crippen molar-refractivity contribution in [1.82, 2.24) is 15.5 Å². The maximum atomic E-state index is 13.2. The van der Waals surface area contributed by atoms with Crippen molar-refractivity contribution in [3.8, 4) is 0 Å². The molecule has 7 nitrogen and oxygen atoms in total. The van der Waals surface area contributed by atoms with Gasteiger partial charge in [-0.2, -0.15) is 0 Å². The van der Waals surface area contributed by atoms with E-state index in [1.165, 1.54) is 23.8 Å². The van der Waals surface area contributed by atoms with E-state index in [4.69, 9.17) is 4.74 Å². The first-order valence-corrected chi connectivity index (χ1v) is 10.6. The molecule has 0 aliphatic heterocycles. The van der Waals surface area contributed by atoms with Gasteiger partial charge < -0.3 is 15.4 Å². The summed E-state index contributed by atoms with van der Waals surface area (Å²) in [6.45, 7) is 1.91. The fourth-order valence-electron chi connectivity index (χ4n) is 2.80. The van der Waals surface area contributed by atoms with E-state index in [2.05, 4.69) is 33.0 Å². The second-order valence-electron chi connectivity index (χ2n) is 6.95. The molecule has 0 spiro atoms. The van der Waals surface area contributed by atoms with Crippen molar-refractivity contribution in [2.75, 3.05) is 11.9 Å². The number of carbonyl (C=O) groups is 2. The molecule has 1 heterocycles. The number of carbonyl (C=O) groups excluding carboxylic acids is 2. The minimum atomic E-state index is -0.487. The van der Waals surface area contributed by atoms with Gasteiger partial charge in [-0.3, -0.25) is 9.59 Å². The Kier molecular flexibility index (Phi) is 8.19. The van der Waals surface area contributed by atoms with Gasteiger partial charge in [0, 0.05) is 11.7 Å². The third-order valence-electron chi connectivity index (χ3n) is 4.32. The van der Waals surface area contributed by atoms with Gasteiger partial charge in [0.1, 0.15) is 24.0 Å². The summed E-state index contributed by atoms with van der Waals surface area (Å²) in [7, 11) is 0. The normalized spacial score (nSPS) is 11.7. The van der Waals surface area contributed by atoms with Gasteiger partial charge in [0.05, 0.1) is 0 Å². The quantitative estimate of drug-likeness (QED) is 0.501. The number of nitrogens with one attached hydrogen (secondary N) is 2. The number of anilines is 1. The number of benzene rings is 2. The Hall–Kier alpha value is -3.17. The van der Waals surface area contributed by atoms with Crippen molar-refractivity contribution >= 4 is 28.8 Å². The molecule has 162 valence electrons. The van der Waals surface area contributed by atoms with Gasteiger partial charge in [-0.15, -0.1) is 10.2 Å². The van der Waals surface area contributed by atoms with Crippen LogP contribution < -0.4 is 10.6 Å². The minimum absolute atomic E-state index is 0.0240. The van der Waals surface area contributed by atoms with Crippen LogP contribution in [0.4, 0.5) is 10.1 Å². The molecule has 0 radical (unpaired) electrons. The molecule has 2 N–H and O–H groups in total. The minimum Gasteiger partial charge on any atom is -0.364 e. The average molecular weight is 443 g/mol. The standard InChI is InChI=1S/C22H23FN4O3S/c1-15(10-11-16-6-3-2-4-7-16)24-19(28)13-30-14-20-26-27-22(31-20)21(29)25-18-9-5-8-17(23)12-18/h2-9,12,15H,10-11,13-14H2,1H3,(H,24,28)(H,25,29)/t15-/m1/s1. The summed E-state index contributed by atoms with van der Waals surface area (Å²) >= 11 is 1.05. The number of ether oxygens (including phenoxy) is 1. The predicted octanol–water partition coefficient (Wildman–Crippen LogP) is 3.58. The first-order chi connectivity index (χ1) is 15.0. The number of hydrogen-bond donors (Lipinski definition) is 2. The third-order valence-corrected chi connectivity index (χ3v) is 5.21. The summed E-state index contributed by atoms with van der Waals surface area (Å²) < 4.78 is 18.6. The molecule has 9 heteroatoms. The Balaban J connectivity index is 1.37. The van der Waals surface area contributed by atoms with Gasteiger partial charge in [-0.1, -0.05) is 47.7 Å². The Bertz CT molecular complexity index is 1010. The van der Waals surface area contributed by atoms with E-state index < -0.39 is 11.7 Å². The van der Waals surface area contributed by atoms with Crippen LogP contribution in [0.1, 0.15) is 33.7 Å². The topological polar surface area (TPSA) is 93.2 Å². The molecule has 0 aliphatic carbocycles. The lowest BCUT2D eigenvalue weighted by Crippen LogP contribution is -2.35. The van der Waals surface area contributed by atoms with Crippen molar-refractivity contribution < 1.29 is 18.7 Å². The lowest BCUT2D eigenvalue weighted by atomic mass is 10.1. The molecule has 31 heavy (non-hydrogen) atoms. The van der Waals surface area contributed by atoms with Crippen LogP contribution in [0.15, 0.2) is 54.6 Å². The lowest BCUT2D eigenvalue weighted by Gasteiger charge is -2.13. The van der Waals surface area contributed by atoms with Gasteiger partial charge in [0.15, 0.2) is 0 Å². The van der Waals surface area contributed by atoms with E-state index in [1.807, 2.05) is 25.1 Å². The van der Waals surface area contributed by atoms with E-state index in [0.29, 0.717) is 10.7 Å². The van der Waals surface area contributed by atoms with Crippen LogP contribution >= 0.6 is 11.3 Å². The average Bonchev–Trinajstić information content (AvgIpc) is 3.22. The van der Waals surface area contributed by atoms with Crippen molar-refractivity contribution in [3.63, 3.8) is 0 Å². The van der Waals surface area contributed by atoms with Crippen molar-refractivity contribution in [1.29, 1.82) is 0 Å². The largest absolute Gasteiger partial charge is 0.364 e. The van der Waals surface area contributed by atoms with Gasteiger partial charge in [-0.05, 0) is 43.5 Å². The van der Waals surface area contributed by atoms with Crippen LogP contribution in [-0.4, -0.2) is 34.7 Å². The van der Waals surface area contributed by atoms with Gasteiger partial charge in [0.25, 0.3) is 5.91 Å². The molecule has 0 saturated heterocycles. The summed E-state index contributed by atoms with van der Waals surface area (Å²) in [6.07, 6.45) is 1.71. The fraction of sp³-hybridized carbons (Fsp3) is 0.273. The highest BCUT2D eigenvalue weighted by Gasteiger charge is 2.14. The maximum Gasteiger partial charge on any atom is 0.286 e. The third kappa shape index (κ3) is 7.54. The van der Waals surface area contributed by atoms with E-state index in [1.54, 1.807) is 6.07 Å². The Morgan fingerprint density at radius 2 is 1.94 bits per heavy atom. The van der Waals surface area contributed by atoms with Crippen molar-refractivity contribution in [2.24, 2.45) is 0 Å². The first kappa shape index (κ1) is 22.5. The van der Waals surface area contributed by atoms with Crippen LogP contribution in [0, 0.1) is 5.82 Å². The first-order valence-electron chi connectivity index (χ1n) is 9.80. The number of aromatic nitrogens is 2. The highest BCUT2D eigenvalue weighted by molar-refractivity contribution is 7.13. The number of hydrogen-bond acceptors (Lipinski definition) is 6. The van der Waals surface area contributed by atoms with Crippen molar-refractivity contribution in [3.05, 3.63) is 76.0 Å². The molecule has 1 atom stereocenters. The molecule has 0 bridgehead atoms. The molecule has 3 rings (SSSR count). The highest BCUT2D eigenvalue weighted by atomic mass is 32.1. The summed E-state index contributed by atoms with van der Waals surface area (Å²) in [5, 5.41) is 13.8. The Labute approximate surface area is 183 Å². The number of aryl methyl sites for hydroxylation is 1. The van der Waals surface area contributed by atoms with Gasteiger partial charge >= 0.3 is 0 Å². The van der Waals surface area contributed by atoms with Gasteiger partial charge in [0.2, 0.25) is 10.9 Å². The number of amides is 2. The van der Waals surface area contributed by atoms with Crippen LogP contribution in [0.5, 0.6) is 0 Å². The molecule has 1 aromatic heterocycles. The lowest BCUT2D eigenvalue weighted by molar-refractivity contribution is -0.126. The monoisotopic (exact) mass is 442 g/mol.